The zero-order chi connectivity index (χ0) is 4.41. The van der Waals surface area contributed by atoms with Gasteiger partial charge in [-0.05, 0) is 11.9 Å². The topological polar surface area (TPSA) is 15.3 Å². The van der Waals surface area contributed by atoms with Gasteiger partial charge >= 0.3 is 0 Å². The Balaban J connectivity index is 0.000000360. The molecule has 1 rings (SSSR count). The molecule has 1 radical (unpaired) electrons. The van der Waals surface area contributed by atoms with Crippen molar-refractivity contribution in [3.05, 3.63) is 11.6 Å². The van der Waals surface area contributed by atoms with E-state index in [-0.39, 0.29) is 18.9 Å². The molecule has 0 fully saturated rings. The van der Waals surface area contributed by atoms with Crippen molar-refractivity contribution in [3.8, 4) is 0 Å². The van der Waals surface area contributed by atoms with E-state index >= 15 is 0 Å². The van der Waals surface area contributed by atoms with Gasteiger partial charge in [0.15, 0.2) is 0 Å². The summed E-state index contributed by atoms with van der Waals surface area (Å²) in [5.74, 6) is 0. The van der Waals surface area contributed by atoms with Crippen molar-refractivity contribution in [2.75, 3.05) is 0 Å². The fourth-order valence-electron chi connectivity index (χ4n) is 0.213. The van der Waals surface area contributed by atoms with Gasteiger partial charge in [-0.2, -0.15) is 0 Å². The maximum absolute atomic E-state index is 3.92. The van der Waals surface area contributed by atoms with Crippen molar-refractivity contribution in [3.63, 3.8) is 0 Å². The van der Waals surface area contributed by atoms with Gasteiger partial charge in [0.2, 0.25) is 0 Å². The average molecular weight is 127 g/mol. The monoisotopic (exact) mass is 127 g/mol. The van der Waals surface area contributed by atoms with Crippen LogP contribution in [0.4, 0.5) is 0 Å². The summed E-state index contributed by atoms with van der Waals surface area (Å²) in [7, 11) is 0. The van der Waals surface area contributed by atoms with Crippen molar-refractivity contribution in [1.82, 2.24) is 9.25 Å². The van der Waals surface area contributed by atoms with Crippen LogP contribution in [-0.2, 0) is 0 Å². The molecule has 0 bridgehead atoms. The quantitative estimate of drug-likeness (QED) is 0.278. The second-order valence-electron chi connectivity index (χ2n) is 0.810. The molecule has 0 spiro atoms. The Kier molecular flexibility index (Phi) is 4.19. The molecule has 0 unspecified atom stereocenters. The summed E-state index contributed by atoms with van der Waals surface area (Å²) in [6.45, 7) is 0. The van der Waals surface area contributed by atoms with Crippen LogP contribution < -0.4 is 5.43 Å². The second kappa shape index (κ2) is 3.76. The Morgan fingerprint density at radius 1 is 1.71 bits per heavy atom. The number of thiol groups is 1. The van der Waals surface area contributed by atoms with Gasteiger partial charge in [0.05, 0.1) is 0 Å². The molecule has 35 valence electrons. The summed E-state index contributed by atoms with van der Waals surface area (Å²) in [5.41, 5.74) is 2.80. The summed E-state index contributed by atoms with van der Waals surface area (Å²) in [6.07, 6.45) is 1.82. The molecular formula is C2H4LiN2S2. The largest absolute Gasteiger partial charge is 0.306 e. The van der Waals surface area contributed by atoms with Crippen molar-refractivity contribution >= 4 is 43.6 Å². The first kappa shape index (κ1) is 7.80. The van der Waals surface area contributed by atoms with Crippen LogP contribution in [-0.4, -0.2) is 22.7 Å². The Hall–Kier alpha value is 0.797. The average Bonchev–Trinajstić information content (AvgIpc) is 1.86. The maximum atomic E-state index is 3.92. The van der Waals surface area contributed by atoms with Crippen LogP contribution in [0.2, 0.25) is 0 Å². The summed E-state index contributed by atoms with van der Waals surface area (Å²) in [4.78, 5) is 0. The van der Waals surface area contributed by atoms with Gasteiger partial charge < -0.3 is 5.43 Å². The third-order valence-corrected chi connectivity index (χ3v) is 1.37. The first-order valence-corrected chi connectivity index (χ1v) is 2.70. The predicted octanol–water partition coefficient (Wildman–Crippen LogP) is 0.390. The second-order valence-corrected chi connectivity index (χ2v) is 2.33. The number of hydrazine groups is 1. The Morgan fingerprint density at radius 3 is 2.57 bits per heavy atom. The van der Waals surface area contributed by atoms with E-state index in [4.69, 9.17) is 0 Å². The fraction of sp³-hybridized carbons (Fsp3) is 0. The van der Waals surface area contributed by atoms with E-state index in [1.807, 2.05) is 11.6 Å². The maximum Gasteiger partial charge on any atom is 0.0223 e. The summed E-state index contributed by atoms with van der Waals surface area (Å²) >= 11 is 5.42. The third kappa shape index (κ3) is 2.57. The fourth-order valence-corrected chi connectivity index (χ4v) is 0.801. The normalized spacial score (nSPS) is 18.4. The summed E-state index contributed by atoms with van der Waals surface area (Å²) in [5, 5.41) is 1.91. The van der Waals surface area contributed by atoms with E-state index in [0.717, 1.165) is 0 Å². The van der Waals surface area contributed by atoms with Crippen LogP contribution in [0.5, 0.6) is 0 Å². The van der Waals surface area contributed by atoms with Crippen molar-refractivity contribution in [2.24, 2.45) is 0 Å². The standard InChI is InChI=1S/C2H4N2S2.Li/c5-4-3-1-2-6-4;/h1-3,5H;. The van der Waals surface area contributed by atoms with Crippen LogP contribution in [0.3, 0.4) is 0 Å². The van der Waals surface area contributed by atoms with Gasteiger partial charge in [-0.25, -0.2) is 0 Å². The van der Waals surface area contributed by atoms with Crippen LogP contribution in [0.15, 0.2) is 11.6 Å². The molecule has 2 nitrogen and oxygen atoms in total. The minimum Gasteiger partial charge on any atom is -0.306 e. The van der Waals surface area contributed by atoms with E-state index < -0.39 is 0 Å². The molecule has 0 aromatic heterocycles. The van der Waals surface area contributed by atoms with Crippen molar-refractivity contribution < 1.29 is 0 Å². The summed E-state index contributed by atoms with van der Waals surface area (Å²) < 4.78 is 1.61. The Labute approximate surface area is 64.5 Å². The van der Waals surface area contributed by atoms with Gasteiger partial charge in [-0.3, -0.25) is 0 Å². The van der Waals surface area contributed by atoms with Gasteiger partial charge in [-0.1, -0.05) is 12.8 Å². The first-order chi connectivity index (χ1) is 2.89. The zero-order valence-corrected chi connectivity index (χ0v) is 5.67. The Morgan fingerprint density at radius 2 is 2.43 bits per heavy atom. The van der Waals surface area contributed by atoms with Crippen molar-refractivity contribution in [1.29, 1.82) is 0 Å². The van der Waals surface area contributed by atoms with Crippen LogP contribution >= 0.6 is 24.8 Å². The molecule has 1 N–H and O–H groups in total. The first-order valence-electron chi connectivity index (χ1n) is 1.46. The minimum atomic E-state index is 0. The zero-order valence-electron chi connectivity index (χ0n) is 3.96. The van der Waals surface area contributed by atoms with E-state index in [1.54, 1.807) is 3.82 Å². The molecule has 0 saturated carbocycles. The van der Waals surface area contributed by atoms with Gasteiger partial charge in [0.1, 0.15) is 0 Å². The molecule has 1 heterocycles. The van der Waals surface area contributed by atoms with E-state index in [2.05, 4.69) is 18.2 Å². The van der Waals surface area contributed by atoms with Gasteiger partial charge in [0, 0.05) is 30.5 Å². The molecule has 0 saturated heterocycles. The van der Waals surface area contributed by atoms with Crippen molar-refractivity contribution in [2.45, 2.75) is 0 Å². The molecule has 0 aliphatic carbocycles. The number of hydrogen-bond acceptors (Lipinski definition) is 4. The van der Waals surface area contributed by atoms with Gasteiger partial charge in [0.25, 0.3) is 0 Å². The number of hydrogen-bond donors (Lipinski definition) is 2. The van der Waals surface area contributed by atoms with E-state index in [0.29, 0.717) is 0 Å². The number of nitrogens with one attached hydrogen (secondary N) is 1. The summed E-state index contributed by atoms with van der Waals surface area (Å²) in [6, 6.07) is 0. The smallest absolute Gasteiger partial charge is 0.0223 e. The van der Waals surface area contributed by atoms with Crippen LogP contribution in [0.1, 0.15) is 0 Å². The minimum absolute atomic E-state index is 0. The van der Waals surface area contributed by atoms with Crippen LogP contribution in [0.25, 0.3) is 0 Å². The molecule has 5 heteroatoms. The molecule has 7 heavy (non-hydrogen) atoms. The van der Waals surface area contributed by atoms with E-state index in [9.17, 15) is 0 Å². The molecule has 1 aliphatic heterocycles. The molecule has 1 aliphatic rings. The third-order valence-electron chi connectivity index (χ3n) is 0.414. The number of nitrogens with zero attached hydrogens (tertiary/aromatic N) is 1. The molecule has 0 atom stereocenters. The predicted molar refractivity (Wildman–Crippen MR) is 36.4 cm³/mol. The Bertz CT molecular complexity index is 68.1. The SMILES string of the molecule is SN1NC=CS1.[Li]. The molecule has 0 aromatic carbocycles. The van der Waals surface area contributed by atoms with E-state index in [1.165, 1.54) is 11.9 Å². The van der Waals surface area contributed by atoms with Crippen LogP contribution in [0, 0.1) is 0 Å². The molecule has 0 amide bonds. The van der Waals surface area contributed by atoms with Gasteiger partial charge in [-0.15, -0.1) is 3.82 Å². The number of rotatable bonds is 0. The molecule has 0 aromatic rings. The molecular weight excluding hydrogens is 123 g/mol.